The zero-order chi connectivity index (χ0) is 17.6. The van der Waals surface area contributed by atoms with Crippen LogP contribution in [0.3, 0.4) is 0 Å². The fraction of sp³-hybridized carbons (Fsp3) is 0.632. The highest BCUT2D eigenvalue weighted by Crippen LogP contribution is 2.24. The Bertz CT molecular complexity index is 502. The average molecular weight is 335 g/mol. The van der Waals surface area contributed by atoms with Crippen molar-refractivity contribution < 1.29 is 14.5 Å². The molecule has 0 aromatic heterocycles. The number of hydrogen-bond acceptors (Lipinski definition) is 4. The molecule has 0 aliphatic rings. The lowest BCUT2D eigenvalue weighted by molar-refractivity contribution is -0.384. The predicted molar refractivity (Wildman–Crippen MR) is 95.8 cm³/mol. The van der Waals surface area contributed by atoms with Crippen molar-refractivity contribution in [1.29, 1.82) is 0 Å². The van der Waals surface area contributed by atoms with E-state index in [-0.39, 0.29) is 5.69 Å². The first-order valence-corrected chi connectivity index (χ1v) is 9.05. The van der Waals surface area contributed by atoms with Gasteiger partial charge >= 0.3 is 0 Å². The normalized spacial score (nSPS) is 10.5. The van der Waals surface area contributed by atoms with Crippen LogP contribution in [-0.2, 0) is 0 Å². The van der Waals surface area contributed by atoms with Gasteiger partial charge in [0.25, 0.3) is 5.69 Å². The molecule has 0 aliphatic carbocycles. The van der Waals surface area contributed by atoms with E-state index < -0.39 is 4.92 Å². The smallest absolute Gasteiger partial charge is 0.273 e. The Labute approximate surface area is 144 Å². The summed E-state index contributed by atoms with van der Waals surface area (Å²) in [5, 5.41) is 10.8. The van der Waals surface area contributed by atoms with Crippen molar-refractivity contribution in [3.63, 3.8) is 0 Å². The standard InChI is InChI=1S/C19H29NO4/c1-2-3-4-5-6-7-8-9-10-11-14-24-19-15-18(20(22)23)13-12-17(19)16-21/h12-13,15-16H,2-11,14H2,1H3. The highest BCUT2D eigenvalue weighted by molar-refractivity contribution is 5.80. The van der Waals surface area contributed by atoms with Crippen LogP contribution in [0.25, 0.3) is 0 Å². The average Bonchev–Trinajstić information content (AvgIpc) is 2.59. The van der Waals surface area contributed by atoms with Crippen molar-refractivity contribution >= 4 is 12.0 Å². The molecule has 1 aromatic carbocycles. The van der Waals surface area contributed by atoms with Crippen molar-refractivity contribution in [2.45, 2.75) is 71.1 Å². The monoisotopic (exact) mass is 335 g/mol. The third-order valence-corrected chi connectivity index (χ3v) is 4.09. The van der Waals surface area contributed by atoms with E-state index in [0.717, 1.165) is 12.8 Å². The topological polar surface area (TPSA) is 69.4 Å². The molecular formula is C19H29NO4. The van der Waals surface area contributed by atoms with E-state index in [4.69, 9.17) is 4.74 Å². The number of non-ortho nitro benzene ring substituents is 1. The van der Waals surface area contributed by atoms with Gasteiger partial charge in [-0.2, -0.15) is 0 Å². The van der Waals surface area contributed by atoms with Crippen molar-refractivity contribution in [1.82, 2.24) is 0 Å². The predicted octanol–water partition coefficient (Wildman–Crippen LogP) is 5.71. The Balaban J connectivity index is 2.15. The Morgan fingerprint density at radius 1 is 1.00 bits per heavy atom. The second kappa shape index (κ2) is 12.5. The van der Waals surface area contributed by atoms with Gasteiger partial charge < -0.3 is 4.74 Å². The first-order chi connectivity index (χ1) is 11.7. The molecule has 1 rings (SSSR count). The molecule has 0 amide bonds. The Morgan fingerprint density at radius 3 is 2.12 bits per heavy atom. The summed E-state index contributed by atoms with van der Waals surface area (Å²) in [7, 11) is 0. The number of ether oxygens (including phenoxy) is 1. The molecule has 0 spiro atoms. The van der Waals surface area contributed by atoms with E-state index in [1.165, 1.54) is 69.6 Å². The Kier molecular flexibility index (Phi) is 10.5. The summed E-state index contributed by atoms with van der Waals surface area (Å²) in [5.41, 5.74) is 0.298. The summed E-state index contributed by atoms with van der Waals surface area (Å²) in [6, 6.07) is 4.07. The van der Waals surface area contributed by atoms with Gasteiger partial charge in [-0.15, -0.1) is 0 Å². The number of carbonyl (C=O) groups excluding carboxylic acids is 1. The van der Waals surface area contributed by atoms with E-state index in [9.17, 15) is 14.9 Å². The largest absolute Gasteiger partial charge is 0.493 e. The second-order valence-corrected chi connectivity index (χ2v) is 6.13. The van der Waals surface area contributed by atoms with Gasteiger partial charge in [0.05, 0.1) is 23.2 Å². The highest BCUT2D eigenvalue weighted by atomic mass is 16.6. The van der Waals surface area contributed by atoms with Crippen LogP contribution in [-0.4, -0.2) is 17.8 Å². The second-order valence-electron chi connectivity index (χ2n) is 6.13. The third-order valence-electron chi connectivity index (χ3n) is 4.09. The molecule has 0 aliphatic heterocycles. The number of nitrogens with zero attached hydrogens (tertiary/aromatic N) is 1. The molecule has 24 heavy (non-hydrogen) atoms. The summed E-state index contributed by atoms with van der Waals surface area (Å²) >= 11 is 0. The lowest BCUT2D eigenvalue weighted by atomic mass is 10.1. The minimum Gasteiger partial charge on any atom is -0.493 e. The fourth-order valence-corrected chi connectivity index (χ4v) is 2.63. The molecule has 5 nitrogen and oxygen atoms in total. The maximum atomic E-state index is 11.0. The summed E-state index contributed by atoms with van der Waals surface area (Å²) in [6.07, 6.45) is 13.0. The van der Waals surface area contributed by atoms with E-state index in [1.807, 2.05) is 0 Å². The van der Waals surface area contributed by atoms with Gasteiger partial charge in [0.2, 0.25) is 0 Å². The van der Waals surface area contributed by atoms with Crippen LogP contribution in [0.1, 0.15) is 81.5 Å². The first-order valence-electron chi connectivity index (χ1n) is 9.05. The molecule has 0 saturated carbocycles. The van der Waals surface area contributed by atoms with Gasteiger partial charge in [-0.3, -0.25) is 14.9 Å². The molecule has 0 fully saturated rings. The molecule has 1 aromatic rings. The van der Waals surface area contributed by atoms with Crippen LogP contribution in [0.2, 0.25) is 0 Å². The molecule has 0 saturated heterocycles. The molecule has 134 valence electrons. The number of benzene rings is 1. The third kappa shape index (κ3) is 8.09. The summed E-state index contributed by atoms with van der Waals surface area (Å²) in [5.74, 6) is 0.301. The number of hydrogen-bond donors (Lipinski definition) is 0. The molecule has 0 heterocycles. The van der Waals surface area contributed by atoms with Crippen molar-refractivity contribution in [2.24, 2.45) is 0 Å². The van der Waals surface area contributed by atoms with E-state index >= 15 is 0 Å². The van der Waals surface area contributed by atoms with Gasteiger partial charge in [-0.05, 0) is 12.5 Å². The Morgan fingerprint density at radius 2 is 1.58 bits per heavy atom. The SMILES string of the molecule is CCCCCCCCCCCCOc1cc([N+](=O)[O-])ccc1C=O. The zero-order valence-corrected chi connectivity index (χ0v) is 14.7. The van der Waals surface area contributed by atoms with Crippen molar-refractivity contribution in [3.05, 3.63) is 33.9 Å². The molecular weight excluding hydrogens is 306 g/mol. The van der Waals surface area contributed by atoms with Gasteiger partial charge in [-0.1, -0.05) is 64.7 Å². The number of rotatable bonds is 14. The highest BCUT2D eigenvalue weighted by Gasteiger charge is 2.11. The minimum atomic E-state index is -0.484. The first kappa shape index (κ1) is 20.1. The fourth-order valence-electron chi connectivity index (χ4n) is 2.63. The van der Waals surface area contributed by atoms with Gasteiger partial charge in [0.15, 0.2) is 6.29 Å². The van der Waals surface area contributed by atoms with Crippen molar-refractivity contribution in [3.8, 4) is 5.75 Å². The molecule has 0 N–H and O–H groups in total. The van der Waals surface area contributed by atoms with Crippen molar-refractivity contribution in [2.75, 3.05) is 6.61 Å². The molecule has 0 radical (unpaired) electrons. The van der Waals surface area contributed by atoms with E-state index in [2.05, 4.69) is 6.92 Å². The van der Waals surface area contributed by atoms with Crippen LogP contribution in [0, 0.1) is 10.1 Å². The van der Waals surface area contributed by atoms with E-state index in [0.29, 0.717) is 24.2 Å². The number of unbranched alkanes of at least 4 members (excludes halogenated alkanes) is 9. The maximum absolute atomic E-state index is 11.0. The van der Waals surface area contributed by atoms with E-state index in [1.54, 1.807) is 0 Å². The van der Waals surface area contributed by atoms with Crippen LogP contribution in [0.5, 0.6) is 5.75 Å². The number of aldehydes is 1. The maximum Gasteiger partial charge on any atom is 0.273 e. The van der Waals surface area contributed by atoms with Gasteiger partial charge in [0.1, 0.15) is 5.75 Å². The number of nitro groups is 1. The summed E-state index contributed by atoms with van der Waals surface area (Å²) in [4.78, 5) is 21.2. The van der Waals surface area contributed by atoms with Crippen LogP contribution < -0.4 is 4.74 Å². The lowest BCUT2D eigenvalue weighted by Gasteiger charge is -2.08. The quantitative estimate of drug-likeness (QED) is 0.189. The Hall–Kier alpha value is -1.91. The summed E-state index contributed by atoms with van der Waals surface area (Å²) in [6.45, 7) is 2.71. The molecule has 0 atom stereocenters. The molecule has 5 heteroatoms. The van der Waals surface area contributed by atoms with Gasteiger partial charge in [-0.25, -0.2) is 0 Å². The van der Waals surface area contributed by atoms with Crippen LogP contribution in [0.4, 0.5) is 5.69 Å². The summed E-state index contributed by atoms with van der Waals surface area (Å²) < 4.78 is 5.56. The molecule has 0 bridgehead atoms. The van der Waals surface area contributed by atoms with Crippen LogP contribution >= 0.6 is 0 Å². The van der Waals surface area contributed by atoms with Gasteiger partial charge in [0, 0.05) is 6.07 Å². The zero-order valence-electron chi connectivity index (χ0n) is 14.7. The number of nitro benzene ring substituents is 1. The minimum absolute atomic E-state index is 0.0568. The lowest BCUT2D eigenvalue weighted by Crippen LogP contribution is -2.01. The number of carbonyl (C=O) groups is 1. The van der Waals surface area contributed by atoms with Crippen LogP contribution in [0.15, 0.2) is 18.2 Å². The molecule has 0 unspecified atom stereocenters.